The Labute approximate surface area is 153 Å². The Balaban J connectivity index is 1.37. The molecule has 0 spiro atoms. The fourth-order valence-corrected chi connectivity index (χ4v) is 4.38. The number of aryl methyl sites for hydroxylation is 1. The first kappa shape index (κ1) is 17.3. The Morgan fingerprint density at radius 3 is 2.96 bits per heavy atom. The Kier molecular flexibility index (Phi) is 4.84. The van der Waals surface area contributed by atoms with E-state index in [9.17, 15) is 4.79 Å². The van der Waals surface area contributed by atoms with Crippen LogP contribution in [0, 0.1) is 11.8 Å². The van der Waals surface area contributed by atoms with Crippen molar-refractivity contribution in [2.45, 2.75) is 44.7 Å². The number of nitrogens with zero attached hydrogens (tertiary/aromatic N) is 5. The third kappa shape index (κ3) is 3.42. The van der Waals surface area contributed by atoms with Crippen LogP contribution in [0.3, 0.4) is 0 Å². The summed E-state index contributed by atoms with van der Waals surface area (Å²) in [6.07, 6.45) is 7.68. The highest BCUT2D eigenvalue weighted by Gasteiger charge is 2.28. The maximum atomic E-state index is 12.0. The summed E-state index contributed by atoms with van der Waals surface area (Å²) in [5.74, 6) is 3.11. The minimum atomic E-state index is -0.0383. The average Bonchev–Trinajstić information content (AvgIpc) is 3.21. The lowest BCUT2D eigenvalue weighted by Crippen LogP contribution is -2.44. The summed E-state index contributed by atoms with van der Waals surface area (Å²) in [7, 11) is 3.55. The molecule has 0 saturated heterocycles. The molecule has 2 N–H and O–H groups in total. The highest BCUT2D eigenvalue weighted by molar-refractivity contribution is 5.35. The number of hydrogen-bond donors (Lipinski definition) is 2. The smallest absolute Gasteiger partial charge is 0.345 e. The highest BCUT2D eigenvalue weighted by atomic mass is 16.2. The lowest BCUT2D eigenvalue weighted by molar-refractivity contribution is 0.240. The van der Waals surface area contributed by atoms with Gasteiger partial charge in [0.25, 0.3) is 0 Å². The molecule has 0 bridgehead atoms. The summed E-state index contributed by atoms with van der Waals surface area (Å²) >= 11 is 0. The number of fused-ring (bicyclic) bond motifs is 1. The monoisotopic (exact) mass is 359 g/mol. The van der Waals surface area contributed by atoms with Gasteiger partial charge in [-0.2, -0.15) is 10.2 Å². The zero-order chi connectivity index (χ0) is 18.1. The molecular formula is C18H29N7O. The van der Waals surface area contributed by atoms with Crippen LogP contribution >= 0.6 is 0 Å². The normalized spacial score (nSPS) is 25.7. The predicted molar refractivity (Wildman–Crippen MR) is 100 cm³/mol. The van der Waals surface area contributed by atoms with E-state index in [0.717, 1.165) is 37.7 Å². The Morgan fingerprint density at radius 1 is 1.31 bits per heavy atom. The van der Waals surface area contributed by atoms with Crippen LogP contribution in [0.5, 0.6) is 0 Å². The SMILES string of the molecule is Cn1nc(C[C@H]2CCCC[C@H]2NCC2CNc3ccnn3C2)n(C)c1=O. The van der Waals surface area contributed by atoms with Gasteiger partial charge in [0.05, 0.1) is 6.20 Å². The van der Waals surface area contributed by atoms with Crippen molar-refractivity contribution in [3.05, 3.63) is 28.6 Å². The second-order valence-electron chi connectivity index (χ2n) is 7.79. The summed E-state index contributed by atoms with van der Waals surface area (Å²) in [5, 5.41) is 16.1. The second-order valence-corrected chi connectivity index (χ2v) is 7.79. The van der Waals surface area contributed by atoms with Crippen LogP contribution in [0.2, 0.25) is 0 Å². The summed E-state index contributed by atoms with van der Waals surface area (Å²) in [6.45, 7) is 2.95. The van der Waals surface area contributed by atoms with Gasteiger partial charge in [-0.05, 0) is 18.8 Å². The van der Waals surface area contributed by atoms with Gasteiger partial charge in [-0.3, -0.25) is 4.57 Å². The number of anilines is 1. The zero-order valence-corrected chi connectivity index (χ0v) is 15.7. The van der Waals surface area contributed by atoms with Crippen molar-refractivity contribution in [1.29, 1.82) is 0 Å². The summed E-state index contributed by atoms with van der Waals surface area (Å²) in [4.78, 5) is 12.0. The van der Waals surface area contributed by atoms with Crippen LogP contribution in [-0.4, -0.2) is 43.3 Å². The van der Waals surface area contributed by atoms with Crippen LogP contribution < -0.4 is 16.3 Å². The van der Waals surface area contributed by atoms with Crippen LogP contribution in [0.15, 0.2) is 17.1 Å². The third-order valence-electron chi connectivity index (χ3n) is 5.96. The highest BCUT2D eigenvalue weighted by Crippen LogP contribution is 2.27. The molecule has 2 aliphatic rings. The minimum Gasteiger partial charge on any atom is -0.370 e. The molecule has 1 fully saturated rings. The van der Waals surface area contributed by atoms with Crippen LogP contribution in [-0.2, 0) is 27.1 Å². The Morgan fingerprint density at radius 2 is 2.15 bits per heavy atom. The molecule has 0 radical (unpaired) electrons. The molecule has 8 nitrogen and oxygen atoms in total. The minimum absolute atomic E-state index is 0.0383. The Hall–Kier alpha value is -2.09. The number of nitrogens with one attached hydrogen (secondary N) is 2. The van der Waals surface area contributed by atoms with Gasteiger partial charge in [-0.25, -0.2) is 14.2 Å². The van der Waals surface area contributed by atoms with E-state index < -0.39 is 0 Å². The van der Waals surface area contributed by atoms with Gasteiger partial charge < -0.3 is 10.6 Å². The van der Waals surface area contributed by atoms with E-state index >= 15 is 0 Å². The molecule has 1 saturated carbocycles. The zero-order valence-electron chi connectivity index (χ0n) is 15.7. The molecule has 8 heteroatoms. The maximum absolute atomic E-state index is 12.0. The van der Waals surface area contributed by atoms with E-state index in [4.69, 9.17) is 0 Å². The molecule has 3 heterocycles. The molecule has 0 amide bonds. The van der Waals surface area contributed by atoms with Gasteiger partial charge in [0.15, 0.2) is 0 Å². The maximum Gasteiger partial charge on any atom is 0.345 e. The number of rotatable bonds is 5. The van der Waals surface area contributed by atoms with Gasteiger partial charge in [-0.15, -0.1) is 0 Å². The summed E-state index contributed by atoms with van der Waals surface area (Å²) in [6, 6.07) is 2.53. The second kappa shape index (κ2) is 7.26. The van der Waals surface area contributed by atoms with Crippen molar-refractivity contribution < 1.29 is 0 Å². The van der Waals surface area contributed by atoms with Gasteiger partial charge in [0, 0.05) is 58.2 Å². The molecule has 1 aliphatic carbocycles. The topological polar surface area (TPSA) is 81.7 Å². The van der Waals surface area contributed by atoms with Gasteiger partial charge in [-0.1, -0.05) is 12.8 Å². The van der Waals surface area contributed by atoms with Crippen molar-refractivity contribution in [1.82, 2.24) is 29.4 Å². The molecular weight excluding hydrogens is 330 g/mol. The molecule has 1 aliphatic heterocycles. The summed E-state index contributed by atoms with van der Waals surface area (Å²) < 4.78 is 5.18. The van der Waals surface area contributed by atoms with E-state index in [1.54, 1.807) is 11.6 Å². The molecule has 26 heavy (non-hydrogen) atoms. The molecule has 1 unspecified atom stereocenters. The summed E-state index contributed by atoms with van der Waals surface area (Å²) in [5.41, 5.74) is -0.0383. The number of hydrogen-bond acceptors (Lipinski definition) is 5. The Bertz CT molecular complexity index is 805. The lowest BCUT2D eigenvalue weighted by Gasteiger charge is -2.34. The first-order valence-electron chi connectivity index (χ1n) is 9.70. The fraction of sp³-hybridized carbons (Fsp3) is 0.722. The first-order valence-corrected chi connectivity index (χ1v) is 9.70. The number of aromatic nitrogens is 5. The standard InChI is InChI=1S/C18H29N7O/c1-23-17(22-24(2)18(23)26)9-14-5-3-4-6-15(14)19-10-13-11-20-16-7-8-21-25(16)12-13/h7-8,13-15,19-20H,3-6,9-12H2,1-2H3/t13?,14-,15-/m1/s1. The van der Waals surface area contributed by atoms with Gasteiger partial charge in [0.1, 0.15) is 11.6 Å². The molecule has 2 aromatic rings. The predicted octanol–water partition coefficient (Wildman–Crippen LogP) is 0.748. The fourth-order valence-electron chi connectivity index (χ4n) is 4.38. The van der Waals surface area contributed by atoms with Crippen molar-refractivity contribution in [3.8, 4) is 0 Å². The molecule has 0 aromatic carbocycles. The van der Waals surface area contributed by atoms with Crippen LogP contribution in [0.4, 0.5) is 5.82 Å². The lowest BCUT2D eigenvalue weighted by atomic mass is 9.82. The molecule has 142 valence electrons. The first-order chi connectivity index (χ1) is 12.6. The van der Waals surface area contributed by atoms with E-state index in [-0.39, 0.29) is 5.69 Å². The quantitative estimate of drug-likeness (QED) is 0.823. The van der Waals surface area contributed by atoms with Crippen LogP contribution in [0.25, 0.3) is 0 Å². The van der Waals surface area contributed by atoms with E-state index in [1.165, 1.54) is 30.4 Å². The average molecular weight is 359 g/mol. The van der Waals surface area contributed by atoms with Gasteiger partial charge in [0.2, 0.25) is 0 Å². The van der Waals surface area contributed by atoms with Crippen molar-refractivity contribution >= 4 is 5.82 Å². The third-order valence-corrected chi connectivity index (χ3v) is 5.96. The van der Waals surface area contributed by atoms with Gasteiger partial charge >= 0.3 is 5.69 Å². The van der Waals surface area contributed by atoms with Crippen molar-refractivity contribution in [3.63, 3.8) is 0 Å². The van der Waals surface area contributed by atoms with E-state index in [1.807, 2.05) is 19.3 Å². The molecule has 4 rings (SSSR count). The van der Waals surface area contributed by atoms with E-state index in [2.05, 4.69) is 25.5 Å². The van der Waals surface area contributed by atoms with Crippen molar-refractivity contribution in [2.75, 3.05) is 18.4 Å². The van der Waals surface area contributed by atoms with E-state index in [0.29, 0.717) is 17.9 Å². The van der Waals surface area contributed by atoms with Crippen molar-refractivity contribution in [2.24, 2.45) is 25.9 Å². The molecule has 2 aromatic heterocycles. The largest absolute Gasteiger partial charge is 0.370 e. The molecule has 3 atom stereocenters. The van der Waals surface area contributed by atoms with Crippen LogP contribution in [0.1, 0.15) is 31.5 Å².